The van der Waals surface area contributed by atoms with Crippen molar-refractivity contribution in [3.05, 3.63) is 30.4 Å². The number of nitrogens with one attached hydrogen (secondary N) is 1. The van der Waals surface area contributed by atoms with Crippen molar-refractivity contribution in [2.45, 2.75) is 6.92 Å². The third-order valence-electron chi connectivity index (χ3n) is 4.15. The number of thiazole rings is 1. The van der Waals surface area contributed by atoms with Gasteiger partial charge in [0.05, 0.1) is 11.8 Å². The fraction of sp³-hybridized carbons (Fsp3) is 0.412. The summed E-state index contributed by atoms with van der Waals surface area (Å²) in [4.78, 5) is 20.8. The minimum Gasteiger partial charge on any atom is -0.494 e. The second-order valence-electron chi connectivity index (χ2n) is 5.71. The van der Waals surface area contributed by atoms with Crippen LogP contribution in [-0.4, -0.2) is 55.7 Å². The molecule has 1 saturated heterocycles. The summed E-state index contributed by atoms with van der Waals surface area (Å²) in [6, 6.07) is 3.99. The van der Waals surface area contributed by atoms with Gasteiger partial charge in [0.15, 0.2) is 5.13 Å². The average Bonchev–Trinajstić information content (AvgIpc) is 3.06. The number of carbonyl (C=O) groups excluding carboxylic acids is 1. The first-order chi connectivity index (χ1) is 11.6. The molecule has 1 fully saturated rings. The quantitative estimate of drug-likeness (QED) is 0.865. The Kier molecular flexibility index (Phi) is 4.89. The van der Waals surface area contributed by atoms with Crippen LogP contribution in [0.1, 0.15) is 5.56 Å². The van der Waals surface area contributed by atoms with Gasteiger partial charge in [0.1, 0.15) is 11.3 Å². The Balaban J connectivity index is 1.73. The third kappa shape index (κ3) is 3.17. The molecule has 0 unspecified atom stereocenters. The van der Waals surface area contributed by atoms with Gasteiger partial charge in [-0.3, -0.25) is 0 Å². The zero-order valence-corrected chi connectivity index (χ0v) is 14.9. The molecule has 1 aromatic heterocycles. The van der Waals surface area contributed by atoms with Crippen LogP contribution in [0.15, 0.2) is 24.8 Å². The normalized spacial score (nSPS) is 14.8. The molecular formula is C17H22N4O2S. The first-order valence-electron chi connectivity index (χ1n) is 7.96. The van der Waals surface area contributed by atoms with Crippen molar-refractivity contribution in [3.8, 4) is 5.75 Å². The molecule has 24 heavy (non-hydrogen) atoms. The standard InChI is InChI=1S/C17H22N4O2S/c1-4-7-18-16(22)20-8-10-21(11-9-20)17-19-14-13(23-3)6-5-12(2)15(14)24-17/h4-6H,1,7-11H2,2-3H3,(H,18,22). The number of rotatable bonds is 4. The summed E-state index contributed by atoms with van der Waals surface area (Å²) < 4.78 is 6.59. The summed E-state index contributed by atoms with van der Waals surface area (Å²) in [5, 5.41) is 3.81. The second-order valence-corrected chi connectivity index (χ2v) is 6.69. The van der Waals surface area contributed by atoms with E-state index in [1.54, 1.807) is 24.5 Å². The maximum atomic E-state index is 12.0. The van der Waals surface area contributed by atoms with E-state index in [1.165, 1.54) is 5.56 Å². The molecule has 0 aliphatic carbocycles. The highest BCUT2D eigenvalue weighted by molar-refractivity contribution is 7.22. The molecule has 1 aliphatic rings. The highest BCUT2D eigenvalue weighted by Gasteiger charge is 2.23. The monoisotopic (exact) mass is 346 g/mol. The molecule has 2 amide bonds. The Hall–Kier alpha value is -2.28. The van der Waals surface area contributed by atoms with Gasteiger partial charge in [0.2, 0.25) is 0 Å². The number of aromatic nitrogens is 1. The lowest BCUT2D eigenvalue weighted by atomic mass is 10.2. The van der Waals surface area contributed by atoms with Gasteiger partial charge in [-0.1, -0.05) is 23.5 Å². The van der Waals surface area contributed by atoms with Gasteiger partial charge in [-0.25, -0.2) is 9.78 Å². The molecule has 0 radical (unpaired) electrons. The number of amides is 2. The number of hydrogen-bond donors (Lipinski definition) is 1. The molecule has 128 valence electrons. The van der Waals surface area contributed by atoms with Crippen LogP contribution in [0.2, 0.25) is 0 Å². The number of ether oxygens (including phenoxy) is 1. The predicted molar refractivity (Wildman–Crippen MR) is 98.3 cm³/mol. The molecule has 1 aromatic carbocycles. The molecule has 0 bridgehead atoms. The maximum absolute atomic E-state index is 12.0. The molecule has 7 heteroatoms. The summed E-state index contributed by atoms with van der Waals surface area (Å²) in [6.45, 7) is 9.14. The highest BCUT2D eigenvalue weighted by atomic mass is 32.1. The first-order valence-corrected chi connectivity index (χ1v) is 8.78. The average molecular weight is 346 g/mol. The number of anilines is 1. The number of benzene rings is 1. The smallest absolute Gasteiger partial charge is 0.317 e. The summed E-state index contributed by atoms with van der Waals surface area (Å²) in [5.41, 5.74) is 2.13. The van der Waals surface area contributed by atoms with Gasteiger partial charge >= 0.3 is 6.03 Å². The lowest BCUT2D eigenvalue weighted by Crippen LogP contribution is -2.51. The van der Waals surface area contributed by atoms with Gasteiger partial charge in [-0.2, -0.15) is 0 Å². The third-order valence-corrected chi connectivity index (χ3v) is 5.40. The van der Waals surface area contributed by atoms with Crippen LogP contribution in [0.25, 0.3) is 10.2 Å². The predicted octanol–water partition coefficient (Wildman–Crippen LogP) is 2.63. The number of methoxy groups -OCH3 is 1. The lowest BCUT2D eigenvalue weighted by molar-refractivity contribution is 0.195. The van der Waals surface area contributed by atoms with E-state index in [0.717, 1.165) is 34.2 Å². The summed E-state index contributed by atoms with van der Waals surface area (Å²) in [5.74, 6) is 0.806. The number of aryl methyl sites for hydroxylation is 1. The van der Waals surface area contributed by atoms with Crippen LogP contribution in [0.4, 0.5) is 9.93 Å². The van der Waals surface area contributed by atoms with Gasteiger partial charge in [0, 0.05) is 32.7 Å². The Morgan fingerprint density at radius 2 is 2.17 bits per heavy atom. The topological polar surface area (TPSA) is 57.7 Å². The van der Waals surface area contributed by atoms with Crippen LogP contribution in [0, 0.1) is 6.92 Å². The Morgan fingerprint density at radius 3 is 2.83 bits per heavy atom. The van der Waals surface area contributed by atoms with Crippen molar-refractivity contribution >= 4 is 32.7 Å². The van der Waals surface area contributed by atoms with Gasteiger partial charge in [-0.05, 0) is 18.6 Å². The number of piperazine rings is 1. The summed E-state index contributed by atoms with van der Waals surface area (Å²) in [7, 11) is 1.67. The number of carbonyl (C=O) groups is 1. The number of nitrogens with zero attached hydrogens (tertiary/aromatic N) is 3. The molecule has 2 heterocycles. The Morgan fingerprint density at radius 1 is 1.42 bits per heavy atom. The van der Waals surface area contributed by atoms with Gasteiger partial charge in [-0.15, -0.1) is 6.58 Å². The van der Waals surface area contributed by atoms with E-state index in [2.05, 4.69) is 29.8 Å². The van der Waals surface area contributed by atoms with E-state index in [1.807, 2.05) is 11.0 Å². The fourth-order valence-corrected chi connectivity index (χ4v) is 3.87. The molecular weight excluding hydrogens is 324 g/mol. The van der Waals surface area contributed by atoms with E-state index < -0.39 is 0 Å². The molecule has 6 nitrogen and oxygen atoms in total. The van der Waals surface area contributed by atoms with E-state index in [0.29, 0.717) is 19.6 Å². The van der Waals surface area contributed by atoms with Crippen LogP contribution in [0.3, 0.4) is 0 Å². The van der Waals surface area contributed by atoms with Crippen molar-refractivity contribution in [2.75, 3.05) is 44.7 Å². The van der Waals surface area contributed by atoms with Crippen LogP contribution in [-0.2, 0) is 0 Å². The van der Waals surface area contributed by atoms with Crippen molar-refractivity contribution in [2.24, 2.45) is 0 Å². The molecule has 0 atom stereocenters. The molecule has 1 N–H and O–H groups in total. The molecule has 2 aromatic rings. The molecule has 0 spiro atoms. The van der Waals surface area contributed by atoms with Crippen LogP contribution in [0.5, 0.6) is 5.75 Å². The van der Waals surface area contributed by atoms with E-state index >= 15 is 0 Å². The second kappa shape index (κ2) is 7.09. The number of hydrogen-bond acceptors (Lipinski definition) is 5. The zero-order valence-electron chi connectivity index (χ0n) is 14.0. The zero-order chi connectivity index (χ0) is 17.1. The Labute approximate surface area is 145 Å². The minimum absolute atomic E-state index is 0.0311. The molecule has 1 aliphatic heterocycles. The van der Waals surface area contributed by atoms with Gasteiger partial charge < -0.3 is 19.9 Å². The van der Waals surface area contributed by atoms with E-state index in [9.17, 15) is 4.79 Å². The molecule has 3 rings (SSSR count). The van der Waals surface area contributed by atoms with E-state index in [4.69, 9.17) is 9.72 Å². The lowest BCUT2D eigenvalue weighted by Gasteiger charge is -2.34. The fourth-order valence-electron chi connectivity index (χ4n) is 2.77. The summed E-state index contributed by atoms with van der Waals surface area (Å²) in [6.07, 6.45) is 1.69. The maximum Gasteiger partial charge on any atom is 0.317 e. The van der Waals surface area contributed by atoms with Crippen molar-refractivity contribution < 1.29 is 9.53 Å². The van der Waals surface area contributed by atoms with Gasteiger partial charge in [0.25, 0.3) is 0 Å². The largest absolute Gasteiger partial charge is 0.494 e. The molecule has 0 saturated carbocycles. The Bertz CT molecular complexity index is 750. The van der Waals surface area contributed by atoms with Crippen molar-refractivity contribution in [1.82, 2.24) is 15.2 Å². The SMILES string of the molecule is C=CCNC(=O)N1CCN(c2nc3c(OC)ccc(C)c3s2)CC1. The number of urea groups is 1. The minimum atomic E-state index is -0.0311. The van der Waals surface area contributed by atoms with Crippen LogP contribution < -0.4 is 15.0 Å². The van der Waals surface area contributed by atoms with Crippen LogP contribution >= 0.6 is 11.3 Å². The van der Waals surface area contributed by atoms with E-state index in [-0.39, 0.29) is 6.03 Å². The first kappa shape index (κ1) is 16.6. The highest BCUT2D eigenvalue weighted by Crippen LogP contribution is 2.36. The number of fused-ring (bicyclic) bond motifs is 1. The van der Waals surface area contributed by atoms with Crippen molar-refractivity contribution in [3.63, 3.8) is 0 Å². The summed E-state index contributed by atoms with van der Waals surface area (Å²) >= 11 is 1.69. The van der Waals surface area contributed by atoms with Crippen molar-refractivity contribution in [1.29, 1.82) is 0 Å².